The fourth-order valence-electron chi connectivity index (χ4n) is 2.97. The Kier molecular flexibility index (Phi) is 4.46. The maximum absolute atomic E-state index is 12.5. The van der Waals surface area contributed by atoms with Gasteiger partial charge >= 0.3 is 0 Å². The zero-order valence-electron chi connectivity index (χ0n) is 12.7. The molecule has 6 heteroatoms. The van der Waals surface area contributed by atoms with Crippen LogP contribution in [-0.2, 0) is 11.2 Å². The number of aryl methyl sites for hydroxylation is 2. The average Bonchev–Trinajstić information content (AvgIpc) is 3.17. The summed E-state index contributed by atoms with van der Waals surface area (Å²) in [6.45, 7) is 2.63. The predicted molar refractivity (Wildman–Crippen MR) is 79.9 cm³/mol. The lowest BCUT2D eigenvalue weighted by atomic mass is 10.1. The van der Waals surface area contributed by atoms with Gasteiger partial charge in [-0.25, -0.2) is 0 Å². The average molecular weight is 300 g/mol. The summed E-state index contributed by atoms with van der Waals surface area (Å²) in [6.07, 6.45) is 7.56. The van der Waals surface area contributed by atoms with Crippen LogP contribution in [0.25, 0.3) is 0 Å². The zero-order valence-corrected chi connectivity index (χ0v) is 12.7. The van der Waals surface area contributed by atoms with Crippen molar-refractivity contribution < 1.29 is 9.32 Å². The Hall–Kier alpha value is -2.24. The standard InChI is InChI=1S/C16H20N4O2/c1-12-18-15(22-19-12)5-2-6-16(21)20-11-3-4-14(20)13-7-9-17-10-8-13/h7-10,14H,2-6,11H2,1H3. The monoisotopic (exact) mass is 300 g/mol. The Morgan fingerprint density at radius 2 is 2.23 bits per heavy atom. The van der Waals surface area contributed by atoms with E-state index in [-0.39, 0.29) is 11.9 Å². The zero-order chi connectivity index (χ0) is 15.4. The summed E-state index contributed by atoms with van der Waals surface area (Å²) in [5.74, 6) is 1.45. The van der Waals surface area contributed by atoms with Crippen molar-refractivity contribution >= 4 is 5.91 Å². The number of hydrogen-bond acceptors (Lipinski definition) is 5. The molecule has 3 rings (SSSR count). The summed E-state index contributed by atoms with van der Waals surface area (Å²) in [6, 6.07) is 4.19. The van der Waals surface area contributed by atoms with Gasteiger partial charge in [0.1, 0.15) is 0 Å². The molecule has 0 aromatic carbocycles. The highest BCUT2D eigenvalue weighted by molar-refractivity contribution is 5.77. The molecule has 2 aromatic heterocycles. The van der Waals surface area contributed by atoms with Crippen LogP contribution in [0.1, 0.15) is 49.0 Å². The highest BCUT2D eigenvalue weighted by atomic mass is 16.5. The third kappa shape index (κ3) is 3.32. The minimum Gasteiger partial charge on any atom is -0.339 e. The molecule has 22 heavy (non-hydrogen) atoms. The van der Waals surface area contributed by atoms with E-state index in [2.05, 4.69) is 15.1 Å². The molecule has 0 spiro atoms. The lowest BCUT2D eigenvalue weighted by Gasteiger charge is -2.25. The Bertz CT molecular complexity index is 626. The van der Waals surface area contributed by atoms with Gasteiger partial charge < -0.3 is 9.42 Å². The molecule has 1 aliphatic heterocycles. The van der Waals surface area contributed by atoms with Crippen LogP contribution in [0.2, 0.25) is 0 Å². The molecule has 0 radical (unpaired) electrons. The molecule has 0 bridgehead atoms. The van der Waals surface area contributed by atoms with Gasteiger partial charge in [0.05, 0.1) is 6.04 Å². The van der Waals surface area contributed by atoms with E-state index < -0.39 is 0 Å². The number of nitrogens with zero attached hydrogens (tertiary/aromatic N) is 4. The molecule has 1 amide bonds. The van der Waals surface area contributed by atoms with Crippen LogP contribution in [0.3, 0.4) is 0 Å². The molecule has 0 N–H and O–H groups in total. The van der Waals surface area contributed by atoms with Crippen molar-refractivity contribution in [3.8, 4) is 0 Å². The summed E-state index contributed by atoms with van der Waals surface area (Å²) < 4.78 is 5.07. The molecule has 0 aliphatic carbocycles. The van der Waals surface area contributed by atoms with Gasteiger partial charge in [-0.1, -0.05) is 5.16 Å². The van der Waals surface area contributed by atoms with Crippen LogP contribution in [0.5, 0.6) is 0 Å². The van der Waals surface area contributed by atoms with E-state index in [4.69, 9.17) is 4.52 Å². The normalized spacial score (nSPS) is 17.9. The van der Waals surface area contributed by atoms with E-state index in [1.807, 2.05) is 17.0 Å². The SMILES string of the molecule is Cc1noc(CCCC(=O)N2CCCC2c2ccncc2)n1. The molecule has 1 fully saturated rings. The largest absolute Gasteiger partial charge is 0.339 e. The second-order valence-corrected chi connectivity index (χ2v) is 5.61. The molecule has 3 heterocycles. The highest BCUT2D eigenvalue weighted by Gasteiger charge is 2.29. The van der Waals surface area contributed by atoms with Gasteiger partial charge in [0.25, 0.3) is 0 Å². The van der Waals surface area contributed by atoms with E-state index >= 15 is 0 Å². The fraction of sp³-hybridized carbons (Fsp3) is 0.500. The van der Waals surface area contributed by atoms with Gasteiger partial charge in [-0.2, -0.15) is 4.98 Å². The third-order valence-electron chi connectivity index (χ3n) is 4.01. The van der Waals surface area contributed by atoms with Crippen molar-refractivity contribution in [3.05, 3.63) is 41.8 Å². The number of aromatic nitrogens is 3. The number of carbonyl (C=O) groups is 1. The first-order chi connectivity index (χ1) is 10.7. The van der Waals surface area contributed by atoms with Gasteiger partial charge in [0.2, 0.25) is 11.8 Å². The Labute approximate surface area is 129 Å². The first kappa shape index (κ1) is 14.7. The number of carbonyl (C=O) groups excluding carboxylic acids is 1. The van der Waals surface area contributed by atoms with Gasteiger partial charge in [-0.05, 0) is 43.9 Å². The molecule has 1 atom stereocenters. The lowest BCUT2D eigenvalue weighted by molar-refractivity contribution is -0.132. The van der Waals surface area contributed by atoms with Crippen LogP contribution >= 0.6 is 0 Å². The minimum absolute atomic E-state index is 0.196. The Morgan fingerprint density at radius 1 is 1.41 bits per heavy atom. The smallest absolute Gasteiger partial charge is 0.226 e. The van der Waals surface area contributed by atoms with Crippen molar-refractivity contribution in [2.24, 2.45) is 0 Å². The number of likely N-dealkylation sites (tertiary alicyclic amines) is 1. The van der Waals surface area contributed by atoms with Crippen LogP contribution in [0.4, 0.5) is 0 Å². The first-order valence-electron chi connectivity index (χ1n) is 7.72. The van der Waals surface area contributed by atoms with Crippen LogP contribution in [-0.4, -0.2) is 32.5 Å². The molecular weight excluding hydrogens is 280 g/mol. The van der Waals surface area contributed by atoms with Gasteiger partial charge in [-0.15, -0.1) is 0 Å². The number of hydrogen-bond donors (Lipinski definition) is 0. The van der Waals surface area contributed by atoms with Gasteiger partial charge in [0.15, 0.2) is 5.82 Å². The molecule has 1 aliphatic rings. The van der Waals surface area contributed by atoms with E-state index in [1.165, 1.54) is 5.56 Å². The molecule has 0 saturated carbocycles. The summed E-state index contributed by atoms with van der Waals surface area (Å²) >= 11 is 0. The van der Waals surface area contributed by atoms with Gasteiger partial charge in [-0.3, -0.25) is 9.78 Å². The quantitative estimate of drug-likeness (QED) is 0.848. The number of amides is 1. The molecular formula is C16H20N4O2. The Morgan fingerprint density at radius 3 is 2.95 bits per heavy atom. The minimum atomic E-state index is 0.196. The number of pyridine rings is 1. The molecule has 1 saturated heterocycles. The third-order valence-corrected chi connectivity index (χ3v) is 4.01. The Balaban J connectivity index is 1.55. The summed E-state index contributed by atoms with van der Waals surface area (Å²) in [5.41, 5.74) is 1.17. The van der Waals surface area contributed by atoms with Gasteiger partial charge in [0, 0.05) is 31.8 Å². The first-order valence-corrected chi connectivity index (χ1v) is 7.72. The van der Waals surface area contributed by atoms with Crippen LogP contribution in [0.15, 0.2) is 29.0 Å². The number of rotatable bonds is 5. The molecule has 116 valence electrons. The summed E-state index contributed by atoms with van der Waals surface area (Å²) in [5, 5.41) is 3.76. The van der Waals surface area contributed by atoms with Crippen molar-refractivity contribution in [3.63, 3.8) is 0 Å². The van der Waals surface area contributed by atoms with E-state index in [9.17, 15) is 4.79 Å². The van der Waals surface area contributed by atoms with E-state index in [0.29, 0.717) is 24.6 Å². The summed E-state index contributed by atoms with van der Waals surface area (Å²) in [4.78, 5) is 22.7. The second-order valence-electron chi connectivity index (χ2n) is 5.61. The van der Waals surface area contributed by atoms with E-state index in [0.717, 1.165) is 25.8 Å². The maximum Gasteiger partial charge on any atom is 0.226 e. The van der Waals surface area contributed by atoms with Crippen LogP contribution in [0, 0.1) is 6.92 Å². The topological polar surface area (TPSA) is 72.1 Å². The van der Waals surface area contributed by atoms with Crippen molar-refractivity contribution in [1.29, 1.82) is 0 Å². The lowest BCUT2D eigenvalue weighted by Crippen LogP contribution is -2.30. The van der Waals surface area contributed by atoms with Crippen molar-refractivity contribution in [2.75, 3.05) is 6.54 Å². The maximum atomic E-state index is 12.5. The molecule has 1 unspecified atom stereocenters. The molecule has 6 nitrogen and oxygen atoms in total. The highest BCUT2D eigenvalue weighted by Crippen LogP contribution is 2.32. The van der Waals surface area contributed by atoms with E-state index in [1.54, 1.807) is 19.3 Å². The second kappa shape index (κ2) is 6.68. The van der Waals surface area contributed by atoms with Crippen molar-refractivity contribution in [1.82, 2.24) is 20.0 Å². The summed E-state index contributed by atoms with van der Waals surface area (Å²) in [7, 11) is 0. The fourth-order valence-corrected chi connectivity index (χ4v) is 2.97. The van der Waals surface area contributed by atoms with Crippen molar-refractivity contribution in [2.45, 2.75) is 45.1 Å². The predicted octanol–water partition coefficient (Wildman–Crippen LogP) is 2.46. The molecule has 2 aromatic rings. The van der Waals surface area contributed by atoms with Crippen LogP contribution < -0.4 is 0 Å².